The summed E-state index contributed by atoms with van der Waals surface area (Å²) in [6.45, 7) is 12.9. The summed E-state index contributed by atoms with van der Waals surface area (Å²) in [4.78, 5) is 0. The fourth-order valence-electron chi connectivity index (χ4n) is 3.98. The van der Waals surface area contributed by atoms with Gasteiger partial charge in [0.2, 0.25) is 0 Å². The fourth-order valence-corrected chi connectivity index (χ4v) is 5.02. The lowest BCUT2D eigenvalue weighted by molar-refractivity contribution is 0.250. The summed E-state index contributed by atoms with van der Waals surface area (Å²) >= 11 is 0. The first-order valence-electron chi connectivity index (χ1n) is 11.8. The van der Waals surface area contributed by atoms with Gasteiger partial charge in [-0.05, 0) is 47.9 Å². The third kappa shape index (κ3) is 5.99. The van der Waals surface area contributed by atoms with E-state index < -0.39 is 11.0 Å². The van der Waals surface area contributed by atoms with E-state index in [2.05, 4.69) is 66.1 Å². The first-order chi connectivity index (χ1) is 16.3. The molecule has 0 fully saturated rings. The standard InChI is InChI=1S/C28H37N3O2S/c1-7-10-20(11-8-2)25-26(23-13-12-22-18-24(33-6)15-14-21(22)17-23)31-27(30-25)28(4,5)19-29-34(32)16-9-3/h7-8,10-15,17-18,27,29-31H,1,9,16,19H2,2-6H3/b11-8-,20-10+. The smallest absolute Gasteiger partial charge is 0.119 e. The van der Waals surface area contributed by atoms with Crippen LogP contribution in [0.4, 0.5) is 0 Å². The van der Waals surface area contributed by atoms with Crippen LogP contribution in [0.3, 0.4) is 0 Å². The van der Waals surface area contributed by atoms with E-state index in [-0.39, 0.29) is 11.6 Å². The van der Waals surface area contributed by atoms with Crippen molar-refractivity contribution in [2.24, 2.45) is 5.41 Å². The first-order valence-corrected chi connectivity index (χ1v) is 13.1. The highest BCUT2D eigenvalue weighted by Crippen LogP contribution is 2.33. The summed E-state index contributed by atoms with van der Waals surface area (Å²) < 4.78 is 20.8. The second-order valence-electron chi connectivity index (χ2n) is 9.12. The van der Waals surface area contributed by atoms with Crippen LogP contribution in [0.5, 0.6) is 5.75 Å². The molecular weight excluding hydrogens is 442 g/mol. The zero-order valence-corrected chi connectivity index (χ0v) is 21.7. The highest BCUT2D eigenvalue weighted by molar-refractivity contribution is 7.83. The van der Waals surface area contributed by atoms with Gasteiger partial charge < -0.3 is 15.4 Å². The molecule has 0 bridgehead atoms. The molecular formula is C28H37N3O2S. The molecule has 2 unspecified atom stereocenters. The van der Waals surface area contributed by atoms with Gasteiger partial charge in [-0.1, -0.05) is 69.9 Å². The molecule has 34 heavy (non-hydrogen) atoms. The Morgan fingerprint density at radius 2 is 1.94 bits per heavy atom. The summed E-state index contributed by atoms with van der Waals surface area (Å²) in [7, 11) is 0.666. The van der Waals surface area contributed by atoms with Crippen LogP contribution in [0, 0.1) is 5.41 Å². The van der Waals surface area contributed by atoms with Gasteiger partial charge in [-0.2, -0.15) is 0 Å². The van der Waals surface area contributed by atoms with Gasteiger partial charge in [-0.3, -0.25) is 0 Å². The Hall–Kier alpha value is -2.83. The van der Waals surface area contributed by atoms with Crippen molar-refractivity contribution in [2.75, 3.05) is 19.4 Å². The molecule has 6 heteroatoms. The van der Waals surface area contributed by atoms with E-state index in [1.165, 1.54) is 0 Å². The van der Waals surface area contributed by atoms with Gasteiger partial charge >= 0.3 is 0 Å². The van der Waals surface area contributed by atoms with E-state index >= 15 is 0 Å². The van der Waals surface area contributed by atoms with Crippen molar-refractivity contribution in [3.63, 3.8) is 0 Å². The van der Waals surface area contributed by atoms with E-state index in [1.807, 2.05) is 44.2 Å². The Balaban J connectivity index is 1.99. The van der Waals surface area contributed by atoms with Crippen molar-refractivity contribution < 1.29 is 8.95 Å². The number of hydrogen-bond acceptors (Lipinski definition) is 4. The molecule has 0 aliphatic carbocycles. The Bertz CT molecular complexity index is 1150. The quantitative estimate of drug-likeness (QED) is 0.377. The fraction of sp³-hybridized carbons (Fsp3) is 0.357. The number of benzene rings is 2. The maximum atomic E-state index is 12.2. The van der Waals surface area contributed by atoms with Crippen LogP contribution >= 0.6 is 0 Å². The van der Waals surface area contributed by atoms with Crippen molar-refractivity contribution in [3.05, 3.63) is 84.1 Å². The normalized spacial score (nSPS) is 17.7. The topological polar surface area (TPSA) is 62.4 Å². The molecule has 0 radical (unpaired) electrons. The molecule has 182 valence electrons. The van der Waals surface area contributed by atoms with E-state index in [0.717, 1.165) is 45.5 Å². The maximum absolute atomic E-state index is 12.2. The highest BCUT2D eigenvalue weighted by Gasteiger charge is 2.36. The van der Waals surface area contributed by atoms with Gasteiger partial charge in [0, 0.05) is 23.3 Å². The number of nitrogens with one attached hydrogen (secondary N) is 3. The molecule has 5 nitrogen and oxygen atoms in total. The zero-order valence-electron chi connectivity index (χ0n) is 20.9. The molecule has 1 aliphatic heterocycles. The van der Waals surface area contributed by atoms with Crippen molar-refractivity contribution in [1.82, 2.24) is 15.4 Å². The number of methoxy groups -OCH3 is 1. The van der Waals surface area contributed by atoms with Crippen LogP contribution in [0.15, 0.2) is 78.6 Å². The molecule has 0 saturated carbocycles. The second kappa shape index (κ2) is 11.5. The Kier molecular flexibility index (Phi) is 8.75. The second-order valence-corrected chi connectivity index (χ2v) is 10.5. The van der Waals surface area contributed by atoms with Gasteiger partial charge in [0.1, 0.15) is 11.9 Å². The van der Waals surface area contributed by atoms with E-state index in [0.29, 0.717) is 12.3 Å². The molecule has 0 aromatic heterocycles. The van der Waals surface area contributed by atoms with E-state index in [1.54, 1.807) is 7.11 Å². The van der Waals surface area contributed by atoms with Crippen molar-refractivity contribution >= 4 is 27.5 Å². The minimum absolute atomic E-state index is 0.0475. The average Bonchev–Trinajstić information content (AvgIpc) is 3.28. The summed E-state index contributed by atoms with van der Waals surface area (Å²) in [5.74, 6) is 1.51. The van der Waals surface area contributed by atoms with Gasteiger partial charge in [-0.15, -0.1) is 0 Å². The lowest BCUT2D eigenvalue weighted by Gasteiger charge is -2.33. The summed E-state index contributed by atoms with van der Waals surface area (Å²) in [5.41, 5.74) is 4.00. The molecule has 1 aliphatic rings. The van der Waals surface area contributed by atoms with Gasteiger partial charge in [-0.25, -0.2) is 8.93 Å². The molecule has 0 amide bonds. The van der Waals surface area contributed by atoms with E-state index in [9.17, 15) is 4.21 Å². The Labute approximate surface area is 206 Å². The molecule has 2 aromatic carbocycles. The minimum atomic E-state index is -1.02. The lowest BCUT2D eigenvalue weighted by Crippen LogP contribution is -2.51. The number of ether oxygens (including phenoxy) is 1. The molecule has 2 aromatic rings. The van der Waals surface area contributed by atoms with Crippen LogP contribution < -0.4 is 20.1 Å². The first kappa shape index (κ1) is 25.8. The van der Waals surface area contributed by atoms with E-state index in [4.69, 9.17) is 4.74 Å². The molecule has 0 spiro atoms. The van der Waals surface area contributed by atoms with Crippen LogP contribution in [0.1, 0.15) is 39.7 Å². The van der Waals surface area contributed by atoms with Gasteiger partial charge in [0.25, 0.3) is 0 Å². The largest absolute Gasteiger partial charge is 0.497 e. The summed E-state index contributed by atoms with van der Waals surface area (Å²) in [5, 5.41) is 9.72. The van der Waals surface area contributed by atoms with Crippen LogP contribution in [-0.4, -0.2) is 29.8 Å². The molecule has 3 rings (SSSR count). The number of allylic oxidation sites excluding steroid dienone is 4. The molecule has 0 saturated heterocycles. The number of rotatable bonds is 11. The third-order valence-electron chi connectivity index (χ3n) is 5.96. The van der Waals surface area contributed by atoms with Crippen LogP contribution in [-0.2, 0) is 11.0 Å². The minimum Gasteiger partial charge on any atom is -0.497 e. The molecule has 2 atom stereocenters. The Morgan fingerprint density at radius 3 is 2.62 bits per heavy atom. The predicted molar refractivity (Wildman–Crippen MR) is 146 cm³/mol. The number of hydrogen-bond donors (Lipinski definition) is 3. The van der Waals surface area contributed by atoms with Crippen molar-refractivity contribution in [2.45, 2.75) is 40.3 Å². The van der Waals surface area contributed by atoms with Gasteiger partial charge in [0.15, 0.2) is 0 Å². The summed E-state index contributed by atoms with van der Waals surface area (Å²) in [6.07, 6.45) is 8.78. The van der Waals surface area contributed by atoms with Crippen LogP contribution in [0.2, 0.25) is 0 Å². The average molecular weight is 480 g/mol. The molecule has 1 heterocycles. The highest BCUT2D eigenvalue weighted by atomic mass is 32.2. The lowest BCUT2D eigenvalue weighted by atomic mass is 9.89. The zero-order chi connectivity index (χ0) is 24.7. The predicted octanol–water partition coefficient (Wildman–Crippen LogP) is 5.41. The molecule has 3 N–H and O–H groups in total. The Morgan fingerprint density at radius 1 is 1.21 bits per heavy atom. The maximum Gasteiger partial charge on any atom is 0.119 e. The summed E-state index contributed by atoms with van der Waals surface area (Å²) in [6, 6.07) is 12.6. The van der Waals surface area contributed by atoms with Crippen molar-refractivity contribution in [1.29, 1.82) is 0 Å². The van der Waals surface area contributed by atoms with Crippen LogP contribution in [0.25, 0.3) is 16.5 Å². The third-order valence-corrected chi connectivity index (χ3v) is 7.20. The van der Waals surface area contributed by atoms with Crippen molar-refractivity contribution in [3.8, 4) is 5.75 Å². The number of fused-ring (bicyclic) bond motifs is 1. The van der Waals surface area contributed by atoms with Gasteiger partial charge in [0.05, 0.1) is 29.5 Å². The SMILES string of the molecule is C=C/C=C(\C=C/C)C1=C(c2ccc3cc(OC)ccc3c2)NC(C(C)(C)CNS(=O)CCC)N1. The monoisotopic (exact) mass is 479 g/mol.